The molecule has 0 aromatic heterocycles. The van der Waals surface area contributed by atoms with Crippen molar-refractivity contribution in [2.75, 3.05) is 63.1 Å². The van der Waals surface area contributed by atoms with Gasteiger partial charge in [-0.3, -0.25) is 9.69 Å². The van der Waals surface area contributed by atoms with Gasteiger partial charge in [-0.1, -0.05) is 0 Å². The monoisotopic (exact) mass is 384 g/mol. The second-order valence-electron chi connectivity index (χ2n) is 7.40. The van der Waals surface area contributed by atoms with E-state index in [0.717, 1.165) is 70.7 Å². The van der Waals surface area contributed by atoms with Crippen LogP contribution in [0.1, 0.15) is 24.8 Å². The lowest BCUT2D eigenvalue weighted by Crippen LogP contribution is -2.47. The van der Waals surface area contributed by atoms with Crippen LogP contribution in [0.5, 0.6) is 0 Å². The van der Waals surface area contributed by atoms with Crippen LogP contribution >= 0.6 is 0 Å². The van der Waals surface area contributed by atoms with E-state index in [-0.39, 0.29) is 18.1 Å². The number of halogens is 3. The molecular weight excluding hydrogens is 357 g/mol. The topological polar surface area (TPSA) is 38.8 Å². The summed E-state index contributed by atoms with van der Waals surface area (Å²) in [6.45, 7) is 5.13. The first-order chi connectivity index (χ1) is 12.8. The van der Waals surface area contributed by atoms with Crippen molar-refractivity contribution < 1.29 is 18.0 Å². The zero-order chi connectivity index (χ0) is 19.4. The summed E-state index contributed by atoms with van der Waals surface area (Å²) in [7, 11) is 2.03. The van der Waals surface area contributed by atoms with E-state index in [4.69, 9.17) is 0 Å². The third kappa shape index (κ3) is 5.35. The Bertz CT molecular complexity index is 651. The maximum absolute atomic E-state index is 13.1. The lowest BCUT2D eigenvalue weighted by molar-refractivity contribution is -0.137. The molecule has 8 heteroatoms. The van der Waals surface area contributed by atoms with Crippen molar-refractivity contribution in [3.05, 3.63) is 23.8 Å². The summed E-state index contributed by atoms with van der Waals surface area (Å²) < 4.78 is 39.4. The van der Waals surface area contributed by atoms with Crippen molar-refractivity contribution in [1.29, 1.82) is 0 Å². The van der Waals surface area contributed by atoms with Crippen LogP contribution in [0.25, 0.3) is 0 Å². The summed E-state index contributed by atoms with van der Waals surface area (Å²) in [4.78, 5) is 18.8. The Labute approximate surface area is 158 Å². The van der Waals surface area contributed by atoms with Gasteiger partial charge in [-0.25, -0.2) is 0 Å². The van der Waals surface area contributed by atoms with Gasteiger partial charge in [-0.2, -0.15) is 13.2 Å². The van der Waals surface area contributed by atoms with Crippen molar-refractivity contribution in [1.82, 2.24) is 9.80 Å². The molecule has 150 valence electrons. The van der Waals surface area contributed by atoms with Crippen molar-refractivity contribution >= 4 is 17.3 Å². The summed E-state index contributed by atoms with van der Waals surface area (Å²) >= 11 is 0. The molecule has 2 fully saturated rings. The van der Waals surface area contributed by atoms with Crippen LogP contribution in [0, 0.1) is 0 Å². The molecule has 27 heavy (non-hydrogen) atoms. The second-order valence-corrected chi connectivity index (χ2v) is 7.40. The average molecular weight is 384 g/mol. The average Bonchev–Trinajstić information content (AvgIpc) is 2.63. The van der Waals surface area contributed by atoms with Gasteiger partial charge in [0.1, 0.15) is 0 Å². The van der Waals surface area contributed by atoms with Crippen molar-refractivity contribution in [2.24, 2.45) is 0 Å². The van der Waals surface area contributed by atoms with Crippen LogP contribution in [0.4, 0.5) is 24.5 Å². The molecule has 0 unspecified atom stereocenters. The first-order valence-electron chi connectivity index (χ1n) is 9.50. The zero-order valence-corrected chi connectivity index (χ0v) is 15.7. The molecule has 0 atom stereocenters. The number of hydrogen-bond donors (Lipinski definition) is 1. The maximum Gasteiger partial charge on any atom is 0.416 e. The molecule has 0 saturated carbocycles. The minimum Gasteiger partial charge on any atom is -0.370 e. The number of anilines is 2. The van der Waals surface area contributed by atoms with Crippen molar-refractivity contribution in [3.63, 3.8) is 0 Å². The number of likely N-dealkylation sites (N-methyl/N-ethyl adjacent to an activating group) is 1. The fourth-order valence-corrected chi connectivity index (χ4v) is 3.62. The minimum absolute atomic E-state index is 0.198. The van der Waals surface area contributed by atoms with Crippen LogP contribution in [-0.4, -0.2) is 68.6 Å². The number of rotatable bonds is 4. The Hall–Kier alpha value is -1.80. The van der Waals surface area contributed by atoms with Gasteiger partial charge in [-0.15, -0.1) is 0 Å². The first-order valence-corrected chi connectivity index (χ1v) is 9.50. The summed E-state index contributed by atoms with van der Waals surface area (Å²) in [5, 5.41) is 2.74. The van der Waals surface area contributed by atoms with Gasteiger partial charge in [0.2, 0.25) is 5.91 Å². The molecule has 0 radical (unpaired) electrons. The van der Waals surface area contributed by atoms with Crippen LogP contribution in [0.15, 0.2) is 18.2 Å². The number of piperazine rings is 1. The van der Waals surface area contributed by atoms with Gasteiger partial charge in [-0.05, 0) is 44.5 Å². The number of nitrogens with zero attached hydrogens (tertiary/aromatic N) is 3. The maximum atomic E-state index is 13.1. The molecule has 3 rings (SSSR count). The van der Waals surface area contributed by atoms with Crippen LogP contribution in [0.2, 0.25) is 0 Å². The number of benzene rings is 1. The van der Waals surface area contributed by atoms with E-state index < -0.39 is 11.7 Å². The number of nitrogens with one attached hydrogen (secondary N) is 1. The van der Waals surface area contributed by atoms with E-state index in [9.17, 15) is 18.0 Å². The molecule has 2 heterocycles. The van der Waals surface area contributed by atoms with E-state index in [0.29, 0.717) is 5.69 Å². The third-order valence-electron chi connectivity index (χ3n) is 5.26. The summed E-state index contributed by atoms with van der Waals surface area (Å²) in [6, 6.07) is 3.64. The zero-order valence-electron chi connectivity index (χ0n) is 15.7. The van der Waals surface area contributed by atoms with Crippen molar-refractivity contribution in [2.45, 2.75) is 25.4 Å². The lowest BCUT2D eigenvalue weighted by atomic mass is 10.1. The number of carbonyl (C=O) groups is 1. The molecule has 2 saturated heterocycles. The molecule has 0 aliphatic carbocycles. The molecular formula is C19H27F3N4O. The van der Waals surface area contributed by atoms with Gasteiger partial charge in [0.05, 0.1) is 23.5 Å². The highest BCUT2D eigenvalue weighted by Gasteiger charge is 2.32. The molecule has 0 spiro atoms. The molecule has 0 bridgehead atoms. The largest absolute Gasteiger partial charge is 0.416 e. The predicted octanol–water partition coefficient (Wildman–Crippen LogP) is 2.88. The fraction of sp³-hybridized carbons (Fsp3) is 0.632. The summed E-state index contributed by atoms with van der Waals surface area (Å²) in [5.41, 5.74) is 0.193. The van der Waals surface area contributed by atoms with Crippen LogP contribution < -0.4 is 10.2 Å². The third-order valence-corrected chi connectivity index (χ3v) is 5.26. The van der Waals surface area contributed by atoms with Gasteiger partial charge < -0.3 is 15.1 Å². The van der Waals surface area contributed by atoms with E-state index >= 15 is 0 Å². The predicted molar refractivity (Wildman–Crippen MR) is 100 cm³/mol. The number of carbonyl (C=O) groups excluding carboxylic acids is 1. The molecule has 5 nitrogen and oxygen atoms in total. The summed E-state index contributed by atoms with van der Waals surface area (Å²) in [6.07, 6.45) is -1.29. The SMILES string of the molecule is CN1CCN(CC(=O)Nc2cc(C(F)(F)F)ccc2N2CCCCC2)CC1. The van der Waals surface area contributed by atoms with Crippen LogP contribution in [-0.2, 0) is 11.0 Å². The van der Waals surface area contributed by atoms with E-state index in [1.807, 2.05) is 11.9 Å². The van der Waals surface area contributed by atoms with Gasteiger partial charge in [0.25, 0.3) is 0 Å². The Morgan fingerprint density at radius 1 is 1.04 bits per heavy atom. The first kappa shape index (κ1) is 19.9. The Morgan fingerprint density at radius 3 is 2.33 bits per heavy atom. The molecule has 1 amide bonds. The van der Waals surface area contributed by atoms with Gasteiger partial charge in [0, 0.05) is 39.3 Å². The van der Waals surface area contributed by atoms with E-state index in [1.54, 1.807) is 0 Å². The molecule has 2 aliphatic heterocycles. The Morgan fingerprint density at radius 2 is 1.70 bits per heavy atom. The number of alkyl halides is 3. The Kier molecular flexibility index (Phi) is 6.26. The van der Waals surface area contributed by atoms with E-state index in [2.05, 4.69) is 15.1 Å². The number of hydrogen-bond acceptors (Lipinski definition) is 4. The standard InChI is InChI=1S/C19H27F3N4O/c1-24-9-11-25(12-10-24)14-18(27)23-16-13-15(19(20,21)22)5-6-17(16)26-7-3-2-4-8-26/h5-6,13H,2-4,7-12,14H2,1H3,(H,23,27). The Balaban J connectivity index is 1.75. The van der Waals surface area contributed by atoms with Crippen molar-refractivity contribution in [3.8, 4) is 0 Å². The smallest absolute Gasteiger partial charge is 0.370 e. The normalized spacial score (nSPS) is 19.9. The minimum atomic E-state index is -4.43. The quantitative estimate of drug-likeness (QED) is 0.867. The van der Waals surface area contributed by atoms with Gasteiger partial charge in [0.15, 0.2) is 0 Å². The van der Waals surface area contributed by atoms with Gasteiger partial charge >= 0.3 is 6.18 Å². The summed E-state index contributed by atoms with van der Waals surface area (Å²) in [5.74, 6) is -0.267. The second kappa shape index (κ2) is 8.48. The molecule has 1 N–H and O–H groups in total. The highest BCUT2D eigenvalue weighted by atomic mass is 19.4. The lowest BCUT2D eigenvalue weighted by Gasteiger charge is -2.33. The highest BCUT2D eigenvalue weighted by Crippen LogP contribution is 2.36. The number of piperidine rings is 1. The molecule has 1 aromatic carbocycles. The molecule has 2 aliphatic rings. The highest BCUT2D eigenvalue weighted by molar-refractivity contribution is 5.95. The van der Waals surface area contributed by atoms with E-state index in [1.165, 1.54) is 6.07 Å². The molecule has 1 aromatic rings. The number of amides is 1. The van der Waals surface area contributed by atoms with Crippen LogP contribution in [0.3, 0.4) is 0 Å². The fourth-order valence-electron chi connectivity index (χ4n) is 3.62.